The maximum absolute atomic E-state index is 12.2. The zero-order valence-electron chi connectivity index (χ0n) is 13.9. The van der Waals surface area contributed by atoms with E-state index in [0.29, 0.717) is 6.42 Å². The highest BCUT2D eigenvalue weighted by atomic mass is 19.4. The third-order valence-corrected chi connectivity index (χ3v) is 4.89. The zero-order chi connectivity index (χ0) is 16.1. The van der Waals surface area contributed by atoms with Crippen molar-refractivity contribution < 1.29 is 13.2 Å². The summed E-state index contributed by atoms with van der Waals surface area (Å²) in [6.07, 6.45) is 0.967. The minimum absolute atomic E-state index is 0.140. The molecule has 2 nitrogen and oxygen atoms in total. The van der Waals surface area contributed by atoms with Crippen LogP contribution in [0.3, 0.4) is 0 Å². The van der Waals surface area contributed by atoms with Crippen LogP contribution in [0.4, 0.5) is 13.2 Å². The lowest BCUT2D eigenvalue weighted by Gasteiger charge is -2.46. The first-order chi connectivity index (χ1) is 9.65. The van der Waals surface area contributed by atoms with Gasteiger partial charge in [-0.25, -0.2) is 0 Å². The summed E-state index contributed by atoms with van der Waals surface area (Å²) in [5.74, 6) is 0.725. The second-order valence-corrected chi connectivity index (χ2v) is 7.11. The number of likely N-dealkylation sites (N-methyl/N-ethyl adjacent to an activating group) is 1. The lowest BCUT2D eigenvalue weighted by Crippen LogP contribution is -2.55. The molecule has 1 rings (SSSR count). The van der Waals surface area contributed by atoms with Crippen LogP contribution in [0, 0.1) is 5.92 Å². The highest BCUT2D eigenvalue weighted by Crippen LogP contribution is 2.35. The Labute approximate surface area is 127 Å². The van der Waals surface area contributed by atoms with E-state index in [1.165, 1.54) is 25.7 Å². The van der Waals surface area contributed by atoms with Crippen LogP contribution in [0.25, 0.3) is 0 Å². The third kappa shape index (κ3) is 6.55. The molecule has 1 N–H and O–H groups in total. The van der Waals surface area contributed by atoms with E-state index in [9.17, 15) is 13.2 Å². The maximum Gasteiger partial charge on any atom is 0.389 e. The van der Waals surface area contributed by atoms with Gasteiger partial charge in [0.2, 0.25) is 0 Å². The number of nitrogens with zero attached hydrogens (tertiary/aromatic N) is 1. The number of alkyl halides is 3. The molecule has 0 aromatic rings. The molecule has 0 aromatic carbocycles. The third-order valence-electron chi connectivity index (χ3n) is 4.89. The fourth-order valence-corrected chi connectivity index (χ4v) is 3.43. The molecule has 0 spiro atoms. The summed E-state index contributed by atoms with van der Waals surface area (Å²) in [6.45, 7) is 5.16. The van der Waals surface area contributed by atoms with Crippen molar-refractivity contribution in [1.29, 1.82) is 0 Å². The summed E-state index contributed by atoms with van der Waals surface area (Å²) in [7, 11) is 4.24. The van der Waals surface area contributed by atoms with Crippen LogP contribution < -0.4 is 5.32 Å². The summed E-state index contributed by atoms with van der Waals surface area (Å²) < 4.78 is 36.5. The predicted molar refractivity (Wildman–Crippen MR) is 81.4 cm³/mol. The van der Waals surface area contributed by atoms with Gasteiger partial charge in [-0.3, -0.25) is 0 Å². The van der Waals surface area contributed by atoms with Crippen molar-refractivity contribution >= 4 is 0 Å². The summed E-state index contributed by atoms with van der Waals surface area (Å²) in [4.78, 5) is 2.30. The van der Waals surface area contributed by atoms with Gasteiger partial charge in [-0.2, -0.15) is 13.2 Å². The van der Waals surface area contributed by atoms with Crippen LogP contribution in [0.5, 0.6) is 0 Å². The Bertz CT molecular complexity index is 304. The predicted octanol–water partition coefficient (Wildman–Crippen LogP) is 4.21. The number of nitrogens with one attached hydrogen (secondary N) is 1. The lowest BCUT2D eigenvalue weighted by molar-refractivity contribution is -0.135. The van der Waals surface area contributed by atoms with Crippen molar-refractivity contribution in [3.05, 3.63) is 0 Å². The van der Waals surface area contributed by atoms with Gasteiger partial charge in [0.25, 0.3) is 0 Å². The van der Waals surface area contributed by atoms with Crippen molar-refractivity contribution in [1.82, 2.24) is 10.2 Å². The molecule has 0 radical (unpaired) electrons. The van der Waals surface area contributed by atoms with Gasteiger partial charge in [0, 0.05) is 24.5 Å². The summed E-state index contributed by atoms with van der Waals surface area (Å²) in [6, 6.07) is 0.140. The van der Waals surface area contributed by atoms with E-state index in [0.717, 1.165) is 12.5 Å². The normalized spacial score (nSPS) is 28.9. The van der Waals surface area contributed by atoms with Crippen LogP contribution in [0.2, 0.25) is 0 Å². The van der Waals surface area contributed by atoms with Gasteiger partial charge in [-0.1, -0.05) is 19.8 Å². The second kappa shape index (κ2) is 7.82. The van der Waals surface area contributed by atoms with Gasteiger partial charge < -0.3 is 10.2 Å². The van der Waals surface area contributed by atoms with Crippen molar-refractivity contribution in [2.24, 2.45) is 5.92 Å². The molecule has 3 unspecified atom stereocenters. The SMILES string of the molecule is CC1CCCC(CNC(C)CCCC(F)(F)F)(N(C)C)C1. The maximum atomic E-state index is 12.2. The molecule has 0 saturated heterocycles. The van der Waals surface area contributed by atoms with Gasteiger partial charge in [0.15, 0.2) is 0 Å². The van der Waals surface area contributed by atoms with Crippen LogP contribution in [0.15, 0.2) is 0 Å². The lowest BCUT2D eigenvalue weighted by atomic mass is 9.75. The molecule has 21 heavy (non-hydrogen) atoms. The molecule has 0 amide bonds. The molecule has 0 aromatic heterocycles. The van der Waals surface area contributed by atoms with Gasteiger partial charge in [0.1, 0.15) is 0 Å². The quantitative estimate of drug-likeness (QED) is 0.758. The highest BCUT2D eigenvalue weighted by molar-refractivity contribution is 4.95. The molecular formula is C16H31F3N2. The van der Waals surface area contributed by atoms with Crippen LogP contribution in [-0.4, -0.2) is 43.3 Å². The highest BCUT2D eigenvalue weighted by Gasteiger charge is 2.36. The van der Waals surface area contributed by atoms with Gasteiger partial charge in [-0.15, -0.1) is 0 Å². The Hall–Kier alpha value is -0.290. The van der Waals surface area contributed by atoms with E-state index in [4.69, 9.17) is 0 Å². The van der Waals surface area contributed by atoms with Crippen molar-refractivity contribution in [2.75, 3.05) is 20.6 Å². The first-order valence-electron chi connectivity index (χ1n) is 8.12. The van der Waals surface area contributed by atoms with Gasteiger partial charge >= 0.3 is 6.18 Å². The van der Waals surface area contributed by atoms with Crippen molar-refractivity contribution in [2.45, 2.75) is 76.6 Å². The topological polar surface area (TPSA) is 15.3 Å². The van der Waals surface area contributed by atoms with E-state index in [-0.39, 0.29) is 18.0 Å². The van der Waals surface area contributed by atoms with E-state index < -0.39 is 12.6 Å². The van der Waals surface area contributed by atoms with Crippen LogP contribution >= 0.6 is 0 Å². The molecule has 1 fully saturated rings. The van der Waals surface area contributed by atoms with Crippen molar-refractivity contribution in [3.63, 3.8) is 0 Å². The molecule has 0 bridgehead atoms. The number of hydrogen-bond donors (Lipinski definition) is 1. The Balaban J connectivity index is 2.39. The first kappa shape index (κ1) is 18.8. The van der Waals surface area contributed by atoms with Crippen LogP contribution in [0.1, 0.15) is 58.8 Å². The summed E-state index contributed by atoms with van der Waals surface area (Å²) in [5.41, 5.74) is 0.163. The summed E-state index contributed by atoms with van der Waals surface area (Å²) in [5, 5.41) is 3.47. The second-order valence-electron chi connectivity index (χ2n) is 7.11. The molecule has 0 heterocycles. The molecule has 1 aliphatic rings. The number of halogens is 3. The smallest absolute Gasteiger partial charge is 0.312 e. The van der Waals surface area contributed by atoms with Gasteiger partial charge in [-0.05, 0) is 52.6 Å². The Morgan fingerprint density at radius 3 is 2.52 bits per heavy atom. The Morgan fingerprint density at radius 1 is 1.33 bits per heavy atom. The molecule has 0 aliphatic heterocycles. The molecule has 3 atom stereocenters. The van der Waals surface area contributed by atoms with E-state index in [1.54, 1.807) is 0 Å². The number of hydrogen-bond acceptors (Lipinski definition) is 2. The fourth-order valence-electron chi connectivity index (χ4n) is 3.43. The summed E-state index contributed by atoms with van der Waals surface area (Å²) >= 11 is 0. The van der Waals surface area contributed by atoms with Crippen LogP contribution in [-0.2, 0) is 0 Å². The molecular weight excluding hydrogens is 277 g/mol. The monoisotopic (exact) mass is 308 g/mol. The first-order valence-corrected chi connectivity index (χ1v) is 8.12. The van der Waals surface area contributed by atoms with Gasteiger partial charge in [0.05, 0.1) is 0 Å². The zero-order valence-corrected chi connectivity index (χ0v) is 13.9. The van der Waals surface area contributed by atoms with E-state index in [2.05, 4.69) is 31.2 Å². The Morgan fingerprint density at radius 2 is 2.00 bits per heavy atom. The minimum Gasteiger partial charge on any atom is -0.312 e. The molecule has 126 valence electrons. The number of rotatable bonds is 7. The minimum atomic E-state index is -4.02. The molecule has 1 aliphatic carbocycles. The average molecular weight is 308 g/mol. The average Bonchev–Trinajstić information content (AvgIpc) is 2.34. The molecule has 1 saturated carbocycles. The Kier molecular flexibility index (Phi) is 6.98. The molecule has 5 heteroatoms. The van der Waals surface area contributed by atoms with E-state index in [1.807, 2.05) is 6.92 Å². The fraction of sp³-hybridized carbons (Fsp3) is 1.00. The largest absolute Gasteiger partial charge is 0.389 e. The van der Waals surface area contributed by atoms with Crippen molar-refractivity contribution in [3.8, 4) is 0 Å². The standard InChI is InChI=1S/C16H31F3N2/c1-13-7-5-9-15(11-13,21(3)4)12-20-14(2)8-6-10-16(17,18)19/h13-14,20H,5-12H2,1-4H3. The van der Waals surface area contributed by atoms with E-state index >= 15 is 0 Å².